The standard InChI is InChI=1S/C13H17BrN2O/c1-9(11-6-15-7-11)13(17)16-8-10-4-2-3-5-12(10)14/h2-5,9,11,15H,6-8H2,1H3,(H,16,17). The van der Waals surface area contributed by atoms with E-state index in [4.69, 9.17) is 0 Å². The molecule has 17 heavy (non-hydrogen) atoms. The molecule has 0 radical (unpaired) electrons. The van der Waals surface area contributed by atoms with Gasteiger partial charge in [0.1, 0.15) is 0 Å². The van der Waals surface area contributed by atoms with E-state index in [0.717, 1.165) is 23.1 Å². The first-order chi connectivity index (χ1) is 8.18. The normalized spacial score (nSPS) is 17.3. The Kier molecular flexibility index (Phi) is 4.18. The van der Waals surface area contributed by atoms with E-state index in [9.17, 15) is 4.79 Å². The molecule has 1 aliphatic rings. The lowest BCUT2D eigenvalue weighted by atomic mass is 9.88. The van der Waals surface area contributed by atoms with Gasteiger partial charge >= 0.3 is 0 Å². The highest BCUT2D eigenvalue weighted by molar-refractivity contribution is 9.10. The molecule has 0 spiro atoms. The summed E-state index contributed by atoms with van der Waals surface area (Å²) in [7, 11) is 0. The monoisotopic (exact) mass is 296 g/mol. The fraction of sp³-hybridized carbons (Fsp3) is 0.462. The Morgan fingerprint density at radius 2 is 2.24 bits per heavy atom. The number of hydrogen-bond acceptors (Lipinski definition) is 2. The highest BCUT2D eigenvalue weighted by Gasteiger charge is 2.28. The maximum atomic E-state index is 11.9. The van der Waals surface area contributed by atoms with Crippen molar-refractivity contribution in [3.05, 3.63) is 34.3 Å². The number of benzene rings is 1. The van der Waals surface area contributed by atoms with Crippen molar-refractivity contribution in [2.75, 3.05) is 13.1 Å². The number of halogens is 1. The van der Waals surface area contributed by atoms with E-state index in [-0.39, 0.29) is 11.8 Å². The highest BCUT2D eigenvalue weighted by atomic mass is 79.9. The third kappa shape index (κ3) is 3.07. The number of carbonyl (C=O) groups is 1. The van der Waals surface area contributed by atoms with Crippen LogP contribution < -0.4 is 10.6 Å². The number of carbonyl (C=O) groups excluding carboxylic acids is 1. The highest BCUT2D eigenvalue weighted by Crippen LogP contribution is 2.18. The minimum atomic E-state index is 0.0961. The summed E-state index contributed by atoms with van der Waals surface area (Å²) in [6.07, 6.45) is 0. The lowest BCUT2D eigenvalue weighted by Gasteiger charge is -2.31. The van der Waals surface area contributed by atoms with Crippen LogP contribution in [-0.2, 0) is 11.3 Å². The Bertz CT molecular complexity index is 404. The van der Waals surface area contributed by atoms with Crippen LogP contribution in [0.2, 0.25) is 0 Å². The van der Waals surface area contributed by atoms with Crippen LogP contribution in [0.25, 0.3) is 0 Å². The summed E-state index contributed by atoms with van der Waals surface area (Å²) in [5, 5.41) is 6.18. The van der Waals surface area contributed by atoms with Gasteiger partial charge < -0.3 is 10.6 Å². The fourth-order valence-electron chi connectivity index (χ4n) is 1.86. The molecule has 2 rings (SSSR count). The molecular weight excluding hydrogens is 280 g/mol. The topological polar surface area (TPSA) is 41.1 Å². The van der Waals surface area contributed by atoms with Crippen molar-refractivity contribution in [2.45, 2.75) is 13.5 Å². The van der Waals surface area contributed by atoms with Crippen LogP contribution in [0.5, 0.6) is 0 Å². The molecule has 1 atom stereocenters. The Morgan fingerprint density at radius 3 is 2.82 bits per heavy atom. The molecule has 1 aromatic carbocycles. The van der Waals surface area contributed by atoms with Crippen molar-refractivity contribution in [1.82, 2.24) is 10.6 Å². The van der Waals surface area contributed by atoms with Gasteiger partial charge in [-0.2, -0.15) is 0 Å². The maximum absolute atomic E-state index is 11.9. The van der Waals surface area contributed by atoms with Crippen molar-refractivity contribution in [3.8, 4) is 0 Å². The summed E-state index contributed by atoms with van der Waals surface area (Å²) in [5.74, 6) is 0.736. The van der Waals surface area contributed by atoms with Gasteiger partial charge in [-0.15, -0.1) is 0 Å². The number of rotatable bonds is 4. The van der Waals surface area contributed by atoms with Gasteiger partial charge in [-0.1, -0.05) is 41.1 Å². The number of hydrogen-bond donors (Lipinski definition) is 2. The van der Waals surface area contributed by atoms with Gasteiger partial charge in [0.15, 0.2) is 0 Å². The molecular formula is C13H17BrN2O. The van der Waals surface area contributed by atoms with Crippen LogP contribution >= 0.6 is 15.9 Å². The molecule has 0 bridgehead atoms. The smallest absolute Gasteiger partial charge is 0.223 e. The second-order valence-electron chi connectivity index (χ2n) is 4.52. The van der Waals surface area contributed by atoms with Crippen LogP contribution in [0.15, 0.2) is 28.7 Å². The van der Waals surface area contributed by atoms with Crippen LogP contribution in [0.3, 0.4) is 0 Å². The van der Waals surface area contributed by atoms with Crippen molar-refractivity contribution < 1.29 is 4.79 Å². The van der Waals surface area contributed by atoms with Crippen LogP contribution in [0, 0.1) is 11.8 Å². The summed E-state index contributed by atoms with van der Waals surface area (Å²) >= 11 is 3.48. The summed E-state index contributed by atoms with van der Waals surface area (Å²) in [5.41, 5.74) is 1.11. The van der Waals surface area contributed by atoms with Crippen molar-refractivity contribution in [1.29, 1.82) is 0 Å². The minimum absolute atomic E-state index is 0.0961. The Labute approximate surface area is 110 Å². The first-order valence-corrected chi connectivity index (χ1v) is 6.69. The van der Waals surface area contributed by atoms with E-state index in [1.165, 1.54) is 0 Å². The second kappa shape index (κ2) is 5.65. The largest absolute Gasteiger partial charge is 0.352 e. The molecule has 4 heteroatoms. The first kappa shape index (κ1) is 12.6. The third-order valence-electron chi connectivity index (χ3n) is 3.34. The van der Waals surface area contributed by atoms with Gasteiger partial charge in [-0.3, -0.25) is 4.79 Å². The molecule has 1 heterocycles. The molecule has 2 N–H and O–H groups in total. The van der Waals surface area contributed by atoms with E-state index >= 15 is 0 Å². The van der Waals surface area contributed by atoms with Gasteiger partial charge in [-0.25, -0.2) is 0 Å². The zero-order valence-corrected chi connectivity index (χ0v) is 11.5. The molecule has 1 saturated heterocycles. The minimum Gasteiger partial charge on any atom is -0.352 e. The average molecular weight is 297 g/mol. The van der Waals surface area contributed by atoms with Gasteiger partial charge in [-0.05, 0) is 30.6 Å². The average Bonchev–Trinajstić information content (AvgIpc) is 2.25. The van der Waals surface area contributed by atoms with Crippen LogP contribution in [0.1, 0.15) is 12.5 Å². The van der Waals surface area contributed by atoms with E-state index in [2.05, 4.69) is 26.6 Å². The van der Waals surface area contributed by atoms with E-state index in [1.54, 1.807) is 0 Å². The number of nitrogens with one attached hydrogen (secondary N) is 2. The first-order valence-electron chi connectivity index (χ1n) is 5.90. The molecule has 1 amide bonds. The lowest BCUT2D eigenvalue weighted by molar-refractivity contribution is -0.126. The van der Waals surface area contributed by atoms with Gasteiger partial charge in [0.2, 0.25) is 5.91 Å². The Morgan fingerprint density at radius 1 is 1.53 bits per heavy atom. The predicted molar refractivity (Wildman–Crippen MR) is 71.5 cm³/mol. The number of amides is 1. The fourth-order valence-corrected chi connectivity index (χ4v) is 2.29. The zero-order valence-electron chi connectivity index (χ0n) is 9.87. The molecule has 1 fully saturated rings. The molecule has 1 aromatic rings. The molecule has 3 nitrogen and oxygen atoms in total. The van der Waals surface area contributed by atoms with Crippen LogP contribution in [0.4, 0.5) is 0 Å². The van der Waals surface area contributed by atoms with Crippen LogP contribution in [-0.4, -0.2) is 19.0 Å². The van der Waals surface area contributed by atoms with E-state index in [1.807, 2.05) is 31.2 Å². The lowest BCUT2D eigenvalue weighted by Crippen LogP contribution is -2.49. The summed E-state index contributed by atoms with van der Waals surface area (Å²) in [6, 6.07) is 7.95. The van der Waals surface area contributed by atoms with Crippen molar-refractivity contribution in [2.24, 2.45) is 11.8 Å². The van der Waals surface area contributed by atoms with E-state index in [0.29, 0.717) is 12.5 Å². The molecule has 92 valence electrons. The SMILES string of the molecule is CC(C(=O)NCc1ccccc1Br)C1CNC1. The summed E-state index contributed by atoms with van der Waals surface area (Å²) in [4.78, 5) is 11.9. The third-order valence-corrected chi connectivity index (χ3v) is 4.12. The maximum Gasteiger partial charge on any atom is 0.223 e. The molecule has 1 aliphatic heterocycles. The van der Waals surface area contributed by atoms with Crippen molar-refractivity contribution in [3.63, 3.8) is 0 Å². The molecule has 0 aromatic heterocycles. The molecule has 0 aliphatic carbocycles. The Balaban J connectivity index is 1.85. The summed E-state index contributed by atoms with van der Waals surface area (Å²) in [6.45, 7) is 4.51. The molecule has 1 unspecified atom stereocenters. The quantitative estimate of drug-likeness (QED) is 0.891. The molecule has 0 saturated carbocycles. The van der Waals surface area contributed by atoms with Gasteiger partial charge in [0.25, 0.3) is 0 Å². The Hall–Kier alpha value is -0.870. The van der Waals surface area contributed by atoms with Gasteiger partial charge in [0, 0.05) is 16.9 Å². The van der Waals surface area contributed by atoms with E-state index < -0.39 is 0 Å². The zero-order chi connectivity index (χ0) is 12.3. The van der Waals surface area contributed by atoms with Crippen molar-refractivity contribution >= 4 is 21.8 Å². The second-order valence-corrected chi connectivity index (χ2v) is 5.37. The summed E-state index contributed by atoms with van der Waals surface area (Å²) < 4.78 is 1.04. The predicted octanol–water partition coefficient (Wildman–Crippen LogP) is 1.92. The van der Waals surface area contributed by atoms with Gasteiger partial charge in [0.05, 0.1) is 0 Å².